The van der Waals surface area contributed by atoms with Crippen LogP contribution in [0.5, 0.6) is 0 Å². The monoisotopic (exact) mass is 317 g/mol. The first-order valence-corrected chi connectivity index (χ1v) is 7.86. The fourth-order valence-electron chi connectivity index (χ4n) is 3.03. The summed E-state index contributed by atoms with van der Waals surface area (Å²) in [5, 5.41) is 1.42. The average Bonchev–Trinajstić information content (AvgIpc) is 2.50. The van der Waals surface area contributed by atoms with Crippen LogP contribution in [0.2, 0.25) is 5.02 Å². The number of pyridine rings is 1. The van der Waals surface area contributed by atoms with E-state index in [2.05, 4.69) is 18.8 Å². The molecule has 1 aromatic carbocycles. The van der Waals surface area contributed by atoms with Gasteiger partial charge in [-0.05, 0) is 36.1 Å². The number of nitrogens with two attached hydrogens (primary N) is 1. The maximum Gasteiger partial charge on any atom is 0.256 e. The van der Waals surface area contributed by atoms with E-state index < -0.39 is 0 Å². The van der Waals surface area contributed by atoms with Crippen LogP contribution in [0.1, 0.15) is 30.6 Å². The summed E-state index contributed by atoms with van der Waals surface area (Å²) in [4.78, 5) is 19.1. The Kier molecular flexibility index (Phi) is 3.83. The molecular formula is C17H20ClN3O. The van der Waals surface area contributed by atoms with Gasteiger partial charge in [-0.3, -0.25) is 9.78 Å². The van der Waals surface area contributed by atoms with E-state index in [4.69, 9.17) is 17.3 Å². The lowest BCUT2D eigenvalue weighted by Gasteiger charge is -2.42. The molecule has 1 atom stereocenters. The predicted molar refractivity (Wildman–Crippen MR) is 89.0 cm³/mol. The molecule has 0 bridgehead atoms. The van der Waals surface area contributed by atoms with Gasteiger partial charge in [0.15, 0.2) is 0 Å². The maximum absolute atomic E-state index is 12.9. The van der Waals surface area contributed by atoms with Gasteiger partial charge in [0, 0.05) is 30.7 Å². The molecule has 0 spiro atoms. The molecule has 116 valence electrons. The van der Waals surface area contributed by atoms with Gasteiger partial charge >= 0.3 is 0 Å². The zero-order valence-electron chi connectivity index (χ0n) is 12.8. The van der Waals surface area contributed by atoms with E-state index in [1.54, 1.807) is 18.3 Å². The van der Waals surface area contributed by atoms with Gasteiger partial charge in [-0.1, -0.05) is 25.4 Å². The molecule has 2 N–H and O–H groups in total. The Balaban J connectivity index is 1.98. The van der Waals surface area contributed by atoms with Gasteiger partial charge in [0.2, 0.25) is 0 Å². The lowest BCUT2D eigenvalue weighted by Crippen LogP contribution is -2.54. The number of carbonyl (C=O) groups excluding carboxylic acids is 1. The number of piperidine rings is 1. The van der Waals surface area contributed by atoms with E-state index in [1.807, 2.05) is 17.0 Å². The van der Waals surface area contributed by atoms with E-state index in [1.165, 1.54) is 0 Å². The van der Waals surface area contributed by atoms with Crippen LogP contribution >= 0.6 is 11.6 Å². The Morgan fingerprint density at radius 2 is 2.18 bits per heavy atom. The Hall–Kier alpha value is -1.65. The lowest BCUT2D eigenvalue weighted by molar-refractivity contribution is 0.0534. The average molecular weight is 318 g/mol. The molecular weight excluding hydrogens is 298 g/mol. The summed E-state index contributed by atoms with van der Waals surface area (Å²) >= 11 is 6.20. The predicted octanol–water partition coefficient (Wildman–Crippen LogP) is 3.09. The number of carbonyl (C=O) groups is 1. The number of aromatic nitrogens is 1. The first-order chi connectivity index (χ1) is 10.4. The molecule has 0 radical (unpaired) electrons. The molecule has 22 heavy (non-hydrogen) atoms. The molecule has 2 aromatic rings. The second-order valence-electron chi connectivity index (χ2n) is 6.60. The minimum atomic E-state index is -0.0798. The minimum absolute atomic E-state index is 0.000316. The summed E-state index contributed by atoms with van der Waals surface area (Å²) in [5.41, 5.74) is 7.34. The van der Waals surface area contributed by atoms with Crippen LogP contribution < -0.4 is 5.73 Å². The van der Waals surface area contributed by atoms with Gasteiger partial charge in [-0.25, -0.2) is 0 Å². The van der Waals surface area contributed by atoms with Crippen LogP contribution in [-0.2, 0) is 0 Å². The van der Waals surface area contributed by atoms with E-state index >= 15 is 0 Å². The van der Waals surface area contributed by atoms with Gasteiger partial charge in [0.25, 0.3) is 5.91 Å². The number of benzene rings is 1. The summed E-state index contributed by atoms with van der Waals surface area (Å²) in [6, 6.07) is 7.36. The zero-order chi connectivity index (χ0) is 15.9. The summed E-state index contributed by atoms with van der Waals surface area (Å²) in [5.74, 6) is 0.000316. The third-order valence-corrected chi connectivity index (χ3v) is 4.88. The number of rotatable bonds is 1. The van der Waals surface area contributed by atoms with Crippen LogP contribution in [0.4, 0.5) is 0 Å². The van der Waals surface area contributed by atoms with Gasteiger partial charge in [-0.15, -0.1) is 0 Å². The molecule has 1 unspecified atom stereocenters. The number of hydrogen-bond acceptors (Lipinski definition) is 3. The molecule has 2 heterocycles. The highest BCUT2D eigenvalue weighted by Crippen LogP contribution is 2.30. The van der Waals surface area contributed by atoms with Crippen LogP contribution in [0.15, 0.2) is 30.5 Å². The molecule has 1 aromatic heterocycles. The highest BCUT2D eigenvalue weighted by Gasteiger charge is 2.36. The third-order valence-electron chi connectivity index (χ3n) is 4.55. The maximum atomic E-state index is 12.9. The minimum Gasteiger partial charge on any atom is -0.338 e. The Morgan fingerprint density at radius 3 is 2.91 bits per heavy atom. The highest BCUT2D eigenvalue weighted by molar-refractivity contribution is 6.36. The number of likely N-dealkylation sites (tertiary alicyclic amines) is 1. The van der Waals surface area contributed by atoms with E-state index in [0.717, 1.165) is 11.8 Å². The number of nitrogens with zero attached hydrogens (tertiary/aromatic N) is 2. The third kappa shape index (κ3) is 2.57. The van der Waals surface area contributed by atoms with Crippen LogP contribution in [0.25, 0.3) is 10.9 Å². The largest absolute Gasteiger partial charge is 0.338 e. The van der Waals surface area contributed by atoms with Gasteiger partial charge in [-0.2, -0.15) is 0 Å². The van der Waals surface area contributed by atoms with Gasteiger partial charge < -0.3 is 10.6 Å². The van der Waals surface area contributed by atoms with Crippen molar-refractivity contribution in [3.05, 3.63) is 41.0 Å². The smallest absolute Gasteiger partial charge is 0.256 e. The van der Waals surface area contributed by atoms with E-state index in [0.29, 0.717) is 29.2 Å². The number of amides is 1. The van der Waals surface area contributed by atoms with Crippen LogP contribution in [-0.4, -0.2) is 34.9 Å². The second-order valence-corrected chi connectivity index (χ2v) is 7.01. The van der Waals surface area contributed by atoms with Crippen molar-refractivity contribution in [1.29, 1.82) is 0 Å². The number of halogens is 1. The molecule has 1 amide bonds. The summed E-state index contributed by atoms with van der Waals surface area (Å²) in [6.07, 6.45) is 2.50. The topological polar surface area (TPSA) is 59.2 Å². The highest BCUT2D eigenvalue weighted by atomic mass is 35.5. The zero-order valence-corrected chi connectivity index (χ0v) is 13.6. The molecule has 1 aliphatic heterocycles. The van der Waals surface area contributed by atoms with Crippen molar-refractivity contribution >= 4 is 28.4 Å². The van der Waals surface area contributed by atoms with Crippen molar-refractivity contribution in [1.82, 2.24) is 9.88 Å². The van der Waals surface area contributed by atoms with E-state index in [-0.39, 0.29) is 17.4 Å². The normalized spacial score (nSPS) is 21.1. The van der Waals surface area contributed by atoms with Crippen molar-refractivity contribution in [2.45, 2.75) is 26.3 Å². The molecule has 0 aliphatic carbocycles. The Morgan fingerprint density at radius 1 is 1.41 bits per heavy atom. The van der Waals surface area contributed by atoms with Crippen molar-refractivity contribution in [3.63, 3.8) is 0 Å². The quantitative estimate of drug-likeness (QED) is 0.879. The van der Waals surface area contributed by atoms with Gasteiger partial charge in [0.1, 0.15) is 0 Å². The Labute approximate surface area is 135 Å². The molecule has 1 saturated heterocycles. The molecule has 1 aliphatic rings. The lowest BCUT2D eigenvalue weighted by atomic mass is 9.79. The number of fused-ring (bicyclic) bond motifs is 1. The van der Waals surface area contributed by atoms with E-state index in [9.17, 15) is 4.79 Å². The SMILES string of the molecule is CC1(C)CN(C(=O)c2ccc(Cl)c3cccnc23)CCC1N. The van der Waals surface area contributed by atoms with Crippen molar-refractivity contribution in [2.75, 3.05) is 13.1 Å². The van der Waals surface area contributed by atoms with Gasteiger partial charge in [0.05, 0.1) is 16.1 Å². The first kappa shape index (κ1) is 15.3. The second kappa shape index (κ2) is 5.52. The van der Waals surface area contributed by atoms with Crippen LogP contribution in [0.3, 0.4) is 0 Å². The molecule has 3 rings (SSSR count). The van der Waals surface area contributed by atoms with Crippen molar-refractivity contribution in [3.8, 4) is 0 Å². The molecule has 0 saturated carbocycles. The summed E-state index contributed by atoms with van der Waals surface area (Å²) < 4.78 is 0. The molecule has 1 fully saturated rings. The molecule has 5 heteroatoms. The summed E-state index contributed by atoms with van der Waals surface area (Å²) in [7, 11) is 0. The Bertz CT molecular complexity index is 729. The number of hydrogen-bond donors (Lipinski definition) is 1. The van der Waals surface area contributed by atoms with Crippen molar-refractivity contribution < 1.29 is 4.79 Å². The summed E-state index contributed by atoms with van der Waals surface area (Å²) in [6.45, 7) is 5.55. The fraction of sp³-hybridized carbons (Fsp3) is 0.412. The fourth-order valence-corrected chi connectivity index (χ4v) is 3.24. The molecule has 4 nitrogen and oxygen atoms in total. The van der Waals surface area contributed by atoms with Crippen molar-refractivity contribution in [2.24, 2.45) is 11.1 Å². The first-order valence-electron chi connectivity index (χ1n) is 7.48. The standard InChI is InChI=1S/C17H20ClN3O/c1-17(2)10-21(9-7-14(17)19)16(22)12-5-6-13(18)11-4-3-8-20-15(11)12/h3-6,8,14H,7,9-10,19H2,1-2H3. The van der Waals surface area contributed by atoms with Crippen LogP contribution in [0, 0.1) is 5.41 Å².